The molecular weight excluding hydrogens is 138 g/mol. The maximum Gasteiger partial charge on any atom is 0.0957 e. The lowest BCUT2D eigenvalue weighted by Gasteiger charge is -2.05. The molecule has 1 aromatic heterocycles. The third kappa shape index (κ3) is 2.02. The Morgan fingerprint density at radius 3 is 2.73 bits per heavy atom. The van der Waals surface area contributed by atoms with Crippen molar-refractivity contribution in [3.63, 3.8) is 0 Å². The van der Waals surface area contributed by atoms with Crippen molar-refractivity contribution in [3.05, 3.63) is 29.6 Å². The van der Waals surface area contributed by atoms with E-state index in [9.17, 15) is 5.11 Å². The van der Waals surface area contributed by atoms with Crippen LogP contribution in [0.25, 0.3) is 0 Å². The number of pyridine rings is 1. The van der Waals surface area contributed by atoms with Crippen molar-refractivity contribution in [3.8, 4) is 0 Å². The number of aryl methyl sites for hydroxylation is 1. The van der Waals surface area contributed by atoms with E-state index in [2.05, 4.69) is 4.98 Å². The minimum atomic E-state index is -0.407. The fourth-order valence-electron chi connectivity index (χ4n) is 0.885. The molecule has 0 spiro atoms. The third-order valence-electron chi connectivity index (χ3n) is 1.66. The van der Waals surface area contributed by atoms with Crippen molar-refractivity contribution in [2.45, 2.75) is 26.4 Å². The summed E-state index contributed by atoms with van der Waals surface area (Å²) in [7, 11) is 0. The Kier molecular flexibility index (Phi) is 2.60. The standard InChI is InChI=1S/C9H13NO/c1-3-9(11)8-5-4-7(2)6-10-8/h4-6,9,11H,3H2,1-2H3. The van der Waals surface area contributed by atoms with Crippen LogP contribution in [-0.2, 0) is 0 Å². The van der Waals surface area contributed by atoms with Crippen LogP contribution in [0.15, 0.2) is 18.3 Å². The second-order valence-corrected chi connectivity index (χ2v) is 2.68. The van der Waals surface area contributed by atoms with E-state index in [-0.39, 0.29) is 0 Å². The number of aliphatic hydroxyl groups is 1. The van der Waals surface area contributed by atoms with Gasteiger partial charge in [-0.3, -0.25) is 4.98 Å². The van der Waals surface area contributed by atoms with Crippen molar-refractivity contribution in [1.29, 1.82) is 0 Å². The van der Waals surface area contributed by atoms with E-state index in [1.165, 1.54) is 0 Å². The van der Waals surface area contributed by atoms with Crippen molar-refractivity contribution >= 4 is 0 Å². The maximum absolute atomic E-state index is 9.36. The van der Waals surface area contributed by atoms with Gasteiger partial charge in [0.25, 0.3) is 0 Å². The van der Waals surface area contributed by atoms with Crippen LogP contribution in [0.3, 0.4) is 0 Å². The van der Waals surface area contributed by atoms with Gasteiger partial charge in [-0.2, -0.15) is 0 Å². The van der Waals surface area contributed by atoms with Crippen LogP contribution < -0.4 is 0 Å². The highest BCUT2D eigenvalue weighted by atomic mass is 16.3. The van der Waals surface area contributed by atoms with Gasteiger partial charge in [-0.1, -0.05) is 13.0 Å². The molecule has 0 aliphatic rings. The Bertz CT molecular complexity index is 218. The molecule has 0 fully saturated rings. The second-order valence-electron chi connectivity index (χ2n) is 2.68. The van der Waals surface area contributed by atoms with Gasteiger partial charge in [0, 0.05) is 6.20 Å². The Morgan fingerprint density at radius 1 is 1.55 bits per heavy atom. The quantitative estimate of drug-likeness (QED) is 0.699. The molecule has 1 atom stereocenters. The van der Waals surface area contributed by atoms with E-state index in [1.54, 1.807) is 6.20 Å². The van der Waals surface area contributed by atoms with Crippen LogP contribution in [-0.4, -0.2) is 10.1 Å². The zero-order chi connectivity index (χ0) is 8.27. The number of aromatic nitrogens is 1. The molecule has 2 heteroatoms. The summed E-state index contributed by atoms with van der Waals surface area (Å²) in [6.45, 7) is 3.92. The molecule has 1 heterocycles. The zero-order valence-electron chi connectivity index (χ0n) is 6.91. The third-order valence-corrected chi connectivity index (χ3v) is 1.66. The van der Waals surface area contributed by atoms with E-state index in [0.717, 1.165) is 17.7 Å². The Balaban J connectivity index is 2.81. The largest absolute Gasteiger partial charge is 0.387 e. The first-order chi connectivity index (χ1) is 5.24. The minimum absolute atomic E-state index is 0.407. The van der Waals surface area contributed by atoms with Gasteiger partial charge in [-0.15, -0.1) is 0 Å². The predicted octanol–water partition coefficient (Wildman–Crippen LogP) is 1.83. The van der Waals surface area contributed by atoms with Gasteiger partial charge in [-0.25, -0.2) is 0 Å². The molecule has 11 heavy (non-hydrogen) atoms. The van der Waals surface area contributed by atoms with Gasteiger partial charge in [0.1, 0.15) is 0 Å². The summed E-state index contributed by atoms with van der Waals surface area (Å²) in [5, 5.41) is 9.36. The van der Waals surface area contributed by atoms with Crippen LogP contribution in [0.1, 0.15) is 30.7 Å². The lowest BCUT2D eigenvalue weighted by Crippen LogP contribution is -1.97. The van der Waals surface area contributed by atoms with Crippen LogP contribution in [0.5, 0.6) is 0 Å². The first kappa shape index (κ1) is 8.21. The van der Waals surface area contributed by atoms with E-state index < -0.39 is 6.10 Å². The normalized spacial score (nSPS) is 13.0. The van der Waals surface area contributed by atoms with Crippen LogP contribution in [0.4, 0.5) is 0 Å². The van der Waals surface area contributed by atoms with Crippen molar-refractivity contribution in [2.24, 2.45) is 0 Å². The van der Waals surface area contributed by atoms with Crippen LogP contribution >= 0.6 is 0 Å². The molecule has 0 radical (unpaired) electrons. The summed E-state index contributed by atoms with van der Waals surface area (Å²) >= 11 is 0. The first-order valence-electron chi connectivity index (χ1n) is 3.84. The Hall–Kier alpha value is -0.890. The predicted molar refractivity (Wildman–Crippen MR) is 44.2 cm³/mol. The molecule has 0 saturated heterocycles. The smallest absolute Gasteiger partial charge is 0.0957 e. The van der Waals surface area contributed by atoms with E-state index in [1.807, 2.05) is 26.0 Å². The van der Waals surface area contributed by atoms with E-state index in [4.69, 9.17) is 0 Å². The van der Waals surface area contributed by atoms with Gasteiger partial charge >= 0.3 is 0 Å². The maximum atomic E-state index is 9.36. The molecular formula is C9H13NO. The molecule has 1 N–H and O–H groups in total. The van der Waals surface area contributed by atoms with Gasteiger partial charge in [0.15, 0.2) is 0 Å². The molecule has 0 aliphatic heterocycles. The molecule has 0 aromatic carbocycles. The summed E-state index contributed by atoms with van der Waals surface area (Å²) in [5.41, 5.74) is 1.88. The van der Waals surface area contributed by atoms with E-state index in [0.29, 0.717) is 0 Å². The number of rotatable bonds is 2. The second kappa shape index (κ2) is 3.49. The van der Waals surface area contributed by atoms with Gasteiger partial charge in [0.05, 0.1) is 11.8 Å². The topological polar surface area (TPSA) is 33.1 Å². The molecule has 0 bridgehead atoms. The van der Waals surface area contributed by atoms with Crippen LogP contribution in [0.2, 0.25) is 0 Å². The lowest BCUT2D eigenvalue weighted by atomic mass is 10.2. The van der Waals surface area contributed by atoms with Gasteiger partial charge in [-0.05, 0) is 25.0 Å². The van der Waals surface area contributed by atoms with Crippen LogP contribution in [0, 0.1) is 6.92 Å². The lowest BCUT2D eigenvalue weighted by molar-refractivity contribution is 0.169. The van der Waals surface area contributed by atoms with Gasteiger partial charge < -0.3 is 5.11 Å². The summed E-state index contributed by atoms with van der Waals surface area (Å²) < 4.78 is 0. The summed E-state index contributed by atoms with van der Waals surface area (Å²) in [6, 6.07) is 3.82. The fraction of sp³-hybridized carbons (Fsp3) is 0.444. The molecule has 60 valence electrons. The highest BCUT2D eigenvalue weighted by molar-refractivity contribution is 5.13. The minimum Gasteiger partial charge on any atom is -0.387 e. The molecule has 1 aromatic rings. The summed E-state index contributed by atoms with van der Waals surface area (Å²) in [5.74, 6) is 0. The first-order valence-corrected chi connectivity index (χ1v) is 3.84. The molecule has 0 saturated carbocycles. The average Bonchev–Trinajstić information content (AvgIpc) is 2.05. The monoisotopic (exact) mass is 151 g/mol. The highest BCUT2D eigenvalue weighted by Crippen LogP contribution is 2.12. The fourth-order valence-corrected chi connectivity index (χ4v) is 0.885. The number of hydrogen-bond donors (Lipinski definition) is 1. The SMILES string of the molecule is CCC(O)c1ccc(C)cn1. The van der Waals surface area contributed by atoms with Crippen molar-refractivity contribution in [2.75, 3.05) is 0 Å². The number of hydrogen-bond acceptors (Lipinski definition) is 2. The highest BCUT2D eigenvalue weighted by Gasteiger charge is 2.03. The Labute approximate surface area is 66.9 Å². The zero-order valence-corrected chi connectivity index (χ0v) is 6.91. The molecule has 0 aliphatic carbocycles. The summed E-state index contributed by atoms with van der Waals surface area (Å²) in [6.07, 6.45) is 2.08. The number of aliphatic hydroxyl groups excluding tert-OH is 1. The molecule has 1 unspecified atom stereocenters. The summed E-state index contributed by atoms with van der Waals surface area (Å²) in [4.78, 5) is 4.10. The Morgan fingerprint density at radius 2 is 2.27 bits per heavy atom. The molecule has 1 rings (SSSR count). The molecule has 2 nitrogen and oxygen atoms in total. The molecule has 0 amide bonds. The van der Waals surface area contributed by atoms with Crippen molar-refractivity contribution in [1.82, 2.24) is 4.98 Å². The van der Waals surface area contributed by atoms with Gasteiger partial charge in [0.2, 0.25) is 0 Å². The van der Waals surface area contributed by atoms with Crippen molar-refractivity contribution < 1.29 is 5.11 Å². The average molecular weight is 151 g/mol. The number of nitrogens with zero attached hydrogens (tertiary/aromatic N) is 1. The van der Waals surface area contributed by atoms with E-state index >= 15 is 0 Å².